The molecule has 0 spiro atoms. The van der Waals surface area contributed by atoms with Crippen LogP contribution in [0.3, 0.4) is 0 Å². The number of anilines is 4. The molecule has 0 aliphatic carbocycles. The number of hydrogen-bond donors (Lipinski definition) is 2. The van der Waals surface area contributed by atoms with Crippen molar-refractivity contribution in [3.05, 3.63) is 77.4 Å². The van der Waals surface area contributed by atoms with Crippen LogP contribution in [0.5, 0.6) is 17.4 Å². The first-order valence-electron chi connectivity index (χ1n) is 14.2. The van der Waals surface area contributed by atoms with Crippen molar-refractivity contribution in [2.24, 2.45) is 0 Å². The molecule has 4 aromatic rings. The molecule has 228 valence electrons. The van der Waals surface area contributed by atoms with Crippen molar-refractivity contribution >= 4 is 39.8 Å². The Bertz CT molecular complexity index is 1780. The fraction of sp³-hybridized carbons (Fsp3) is 0.312. The van der Waals surface area contributed by atoms with Crippen molar-refractivity contribution in [2.45, 2.75) is 32.0 Å². The molecule has 2 aliphatic heterocycles. The molecule has 0 bridgehead atoms. The van der Waals surface area contributed by atoms with Gasteiger partial charge in [0.1, 0.15) is 40.9 Å². The highest BCUT2D eigenvalue weighted by Gasteiger charge is 2.39. The van der Waals surface area contributed by atoms with Crippen molar-refractivity contribution in [3.8, 4) is 17.4 Å². The van der Waals surface area contributed by atoms with Gasteiger partial charge in [-0.05, 0) is 43.7 Å². The number of hydrogen-bond acceptors (Lipinski definition) is 11. The van der Waals surface area contributed by atoms with Crippen LogP contribution in [0.4, 0.5) is 22.9 Å². The predicted octanol–water partition coefficient (Wildman–Crippen LogP) is 4.46. The zero-order valence-electron chi connectivity index (χ0n) is 24.7. The number of carbonyl (C=O) groups is 1. The summed E-state index contributed by atoms with van der Waals surface area (Å²) >= 11 is 0. The Morgan fingerprint density at radius 2 is 1.93 bits per heavy atom. The molecule has 2 aromatic heterocycles. The van der Waals surface area contributed by atoms with Crippen LogP contribution in [-0.2, 0) is 16.0 Å². The van der Waals surface area contributed by atoms with Crippen LogP contribution in [0.2, 0.25) is 0 Å². The molecule has 1 atom stereocenters. The summed E-state index contributed by atoms with van der Waals surface area (Å²) in [6, 6.07) is 12.2. The van der Waals surface area contributed by atoms with Gasteiger partial charge in [-0.25, -0.2) is 14.8 Å². The average Bonchev–Trinajstić information content (AvgIpc) is 3.01. The van der Waals surface area contributed by atoms with Gasteiger partial charge in [-0.15, -0.1) is 0 Å². The van der Waals surface area contributed by atoms with Gasteiger partial charge >= 0.3 is 5.63 Å². The van der Waals surface area contributed by atoms with Gasteiger partial charge in [0.2, 0.25) is 11.8 Å². The SMILES string of the molecule is C=CC(=O)Nc1cc(Nc2cc(OC3Cc4cc5ccc(=O)oc5cc4OC3(C)C)ncn2)c(OC)cc1N1CCOCC1. The molecule has 1 amide bonds. The van der Waals surface area contributed by atoms with E-state index in [1.54, 1.807) is 31.4 Å². The number of fused-ring (bicyclic) bond motifs is 2. The molecule has 12 nitrogen and oxygen atoms in total. The molecule has 0 saturated carbocycles. The minimum atomic E-state index is -0.717. The van der Waals surface area contributed by atoms with Crippen LogP contribution in [0, 0.1) is 0 Å². The molecule has 0 radical (unpaired) electrons. The van der Waals surface area contributed by atoms with E-state index in [-0.39, 0.29) is 12.0 Å². The summed E-state index contributed by atoms with van der Waals surface area (Å²) in [5.74, 6) is 1.69. The zero-order valence-corrected chi connectivity index (χ0v) is 24.7. The summed E-state index contributed by atoms with van der Waals surface area (Å²) in [5, 5.41) is 6.99. The Morgan fingerprint density at radius 1 is 1.11 bits per heavy atom. The number of aromatic nitrogens is 2. The number of methoxy groups -OCH3 is 1. The van der Waals surface area contributed by atoms with E-state index in [1.165, 1.54) is 18.5 Å². The fourth-order valence-corrected chi connectivity index (χ4v) is 5.32. The van der Waals surface area contributed by atoms with Crippen molar-refractivity contribution in [3.63, 3.8) is 0 Å². The summed E-state index contributed by atoms with van der Waals surface area (Å²) in [5.41, 5.74) is 2.27. The lowest BCUT2D eigenvalue weighted by Crippen LogP contribution is -2.49. The van der Waals surface area contributed by atoms with Gasteiger partial charge in [-0.3, -0.25) is 4.79 Å². The van der Waals surface area contributed by atoms with Crippen molar-refractivity contribution < 1.29 is 28.2 Å². The lowest BCUT2D eigenvalue weighted by Gasteiger charge is -2.39. The summed E-state index contributed by atoms with van der Waals surface area (Å²) in [6.07, 6.45) is 2.80. The second kappa shape index (κ2) is 11.9. The van der Waals surface area contributed by atoms with Gasteiger partial charge in [0.25, 0.3) is 0 Å². The van der Waals surface area contributed by atoms with Crippen molar-refractivity contribution in [2.75, 3.05) is 48.9 Å². The summed E-state index contributed by atoms with van der Waals surface area (Å²) in [4.78, 5) is 34.8. The highest BCUT2D eigenvalue weighted by molar-refractivity contribution is 6.02. The van der Waals surface area contributed by atoms with Crippen LogP contribution in [0.25, 0.3) is 11.0 Å². The van der Waals surface area contributed by atoms with Crippen molar-refractivity contribution in [1.29, 1.82) is 0 Å². The Labute approximate surface area is 253 Å². The smallest absolute Gasteiger partial charge is 0.336 e. The van der Waals surface area contributed by atoms with Crippen LogP contribution >= 0.6 is 0 Å². The molecule has 2 aliphatic rings. The quantitative estimate of drug-likeness (QED) is 0.219. The van der Waals surface area contributed by atoms with Gasteiger partial charge < -0.3 is 38.9 Å². The molecular formula is C32H33N5O7. The first kappa shape index (κ1) is 29.0. The molecule has 2 aromatic carbocycles. The van der Waals surface area contributed by atoms with E-state index < -0.39 is 11.2 Å². The Hall–Kier alpha value is -5.10. The Kier molecular flexibility index (Phi) is 7.83. The third-order valence-electron chi connectivity index (χ3n) is 7.64. The molecule has 44 heavy (non-hydrogen) atoms. The summed E-state index contributed by atoms with van der Waals surface area (Å²) in [7, 11) is 1.58. The Balaban J connectivity index is 1.25. The van der Waals surface area contributed by atoms with E-state index in [9.17, 15) is 9.59 Å². The monoisotopic (exact) mass is 599 g/mol. The predicted molar refractivity (Wildman–Crippen MR) is 165 cm³/mol. The number of ether oxygens (including phenoxy) is 4. The van der Waals surface area contributed by atoms with Gasteiger partial charge in [0.05, 0.1) is 37.4 Å². The molecule has 4 heterocycles. The molecular weight excluding hydrogens is 566 g/mol. The number of benzene rings is 2. The number of nitrogens with one attached hydrogen (secondary N) is 2. The van der Waals surface area contributed by atoms with Gasteiger partial charge in [-0.1, -0.05) is 6.58 Å². The maximum atomic E-state index is 12.3. The maximum absolute atomic E-state index is 12.3. The van der Waals surface area contributed by atoms with E-state index in [1.807, 2.05) is 26.0 Å². The van der Waals surface area contributed by atoms with Crippen LogP contribution < -0.4 is 35.4 Å². The lowest BCUT2D eigenvalue weighted by molar-refractivity contribution is -0.111. The van der Waals surface area contributed by atoms with Gasteiger partial charge in [0.15, 0.2) is 0 Å². The highest BCUT2D eigenvalue weighted by Crippen LogP contribution is 2.40. The van der Waals surface area contributed by atoms with Crippen LogP contribution in [0.15, 0.2) is 70.7 Å². The molecule has 12 heteroatoms. The first-order valence-corrected chi connectivity index (χ1v) is 14.2. The first-order chi connectivity index (χ1) is 21.2. The molecule has 2 N–H and O–H groups in total. The average molecular weight is 600 g/mol. The number of nitrogens with zero attached hydrogens (tertiary/aromatic N) is 3. The summed E-state index contributed by atoms with van der Waals surface area (Å²) in [6.45, 7) is 9.98. The van der Waals surface area contributed by atoms with E-state index in [4.69, 9.17) is 23.4 Å². The molecule has 1 unspecified atom stereocenters. The minimum absolute atomic E-state index is 0.329. The molecule has 6 rings (SSSR count). The summed E-state index contributed by atoms with van der Waals surface area (Å²) < 4.78 is 29.2. The second-order valence-corrected chi connectivity index (χ2v) is 11.0. The normalized spacial score (nSPS) is 17.2. The van der Waals surface area contributed by atoms with Crippen LogP contribution in [0.1, 0.15) is 19.4 Å². The van der Waals surface area contributed by atoms with Gasteiger partial charge in [-0.2, -0.15) is 0 Å². The van der Waals surface area contributed by atoms with E-state index in [0.29, 0.717) is 72.9 Å². The number of carbonyl (C=O) groups excluding carboxylic acids is 1. The zero-order chi connectivity index (χ0) is 30.8. The highest BCUT2D eigenvalue weighted by atomic mass is 16.6. The fourth-order valence-electron chi connectivity index (χ4n) is 5.32. The van der Waals surface area contributed by atoms with Crippen molar-refractivity contribution in [1.82, 2.24) is 9.97 Å². The van der Waals surface area contributed by atoms with Crippen LogP contribution in [-0.4, -0.2) is 61.0 Å². The van der Waals surface area contributed by atoms with E-state index >= 15 is 0 Å². The van der Waals surface area contributed by atoms with E-state index in [2.05, 4.69) is 32.1 Å². The standard InChI is InChI=1S/C32H33N5O7/c1-5-29(38)36-21-14-22(26(40-4)15-23(21)37-8-10-41-11-9-37)35-28-17-30(34-18-33-28)43-27-13-20-12-19-6-7-31(39)42-24(19)16-25(20)44-32(27,2)3/h5-7,12,14-18,27H,1,8-11,13H2,2-4H3,(H,36,38)(H,33,34,35). The third kappa shape index (κ3) is 6.02. The number of morpholine rings is 1. The minimum Gasteiger partial charge on any atom is -0.494 e. The lowest BCUT2D eigenvalue weighted by atomic mass is 9.90. The second-order valence-electron chi connectivity index (χ2n) is 11.0. The van der Waals surface area contributed by atoms with Gasteiger partial charge in [0, 0.05) is 49.2 Å². The molecule has 1 fully saturated rings. The van der Waals surface area contributed by atoms with E-state index in [0.717, 1.165) is 16.6 Å². The third-order valence-corrected chi connectivity index (χ3v) is 7.64. The molecule has 1 saturated heterocycles. The largest absolute Gasteiger partial charge is 0.494 e. The number of amides is 1. The Morgan fingerprint density at radius 3 is 2.70 bits per heavy atom. The maximum Gasteiger partial charge on any atom is 0.336 e. The topological polar surface area (TPSA) is 137 Å². The number of rotatable bonds is 8.